The third-order valence-corrected chi connectivity index (χ3v) is 3.59. The van der Waals surface area contributed by atoms with E-state index in [0.29, 0.717) is 13.1 Å². The van der Waals surface area contributed by atoms with E-state index in [1.165, 1.54) is 0 Å². The molecule has 5 nitrogen and oxygen atoms in total. The summed E-state index contributed by atoms with van der Waals surface area (Å²) in [6.07, 6.45) is 0.798. The lowest BCUT2D eigenvalue weighted by Crippen LogP contribution is -2.38. The second-order valence-corrected chi connectivity index (χ2v) is 5.14. The predicted octanol–water partition coefficient (Wildman–Crippen LogP) is 2.88. The number of hydrogen-bond donors (Lipinski definition) is 1. The van der Waals surface area contributed by atoms with Crippen molar-refractivity contribution in [2.24, 2.45) is 0 Å². The van der Waals surface area contributed by atoms with Gasteiger partial charge in [0.2, 0.25) is 0 Å². The molecule has 0 radical (unpaired) electrons. The molecular formula is C15H17N3O2. The predicted molar refractivity (Wildman–Crippen MR) is 75.6 cm³/mol. The van der Waals surface area contributed by atoms with Gasteiger partial charge in [-0.25, -0.2) is 4.79 Å². The lowest BCUT2D eigenvalue weighted by molar-refractivity contribution is 0.196. The van der Waals surface area contributed by atoms with E-state index >= 15 is 0 Å². The molecule has 0 atom stereocenters. The summed E-state index contributed by atoms with van der Waals surface area (Å²) in [5.74, 6) is 0.799. The Labute approximate surface area is 117 Å². The van der Waals surface area contributed by atoms with Crippen LogP contribution in [-0.4, -0.2) is 22.6 Å². The Hall–Kier alpha value is -2.30. The number of benzene rings is 1. The Morgan fingerprint density at radius 3 is 3.05 bits per heavy atom. The van der Waals surface area contributed by atoms with Gasteiger partial charge in [0.15, 0.2) is 5.76 Å². The van der Waals surface area contributed by atoms with Crippen molar-refractivity contribution >= 4 is 11.7 Å². The van der Waals surface area contributed by atoms with Crippen LogP contribution in [0.1, 0.15) is 22.6 Å². The summed E-state index contributed by atoms with van der Waals surface area (Å²) >= 11 is 0. The van der Waals surface area contributed by atoms with Crippen LogP contribution in [0.4, 0.5) is 10.5 Å². The number of hydrogen-bond acceptors (Lipinski definition) is 3. The number of aromatic nitrogens is 1. The zero-order chi connectivity index (χ0) is 14.1. The van der Waals surface area contributed by atoms with Gasteiger partial charge in [0.1, 0.15) is 0 Å². The zero-order valence-corrected chi connectivity index (χ0v) is 11.6. The molecule has 20 heavy (non-hydrogen) atoms. The second kappa shape index (κ2) is 5.00. The molecule has 1 aromatic heterocycles. The molecule has 5 heteroatoms. The first-order chi connectivity index (χ1) is 9.63. The van der Waals surface area contributed by atoms with Crippen molar-refractivity contribution in [3.8, 4) is 0 Å². The molecule has 0 fully saturated rings. The highest BCUT2D eigenvalue weighted by atomic mass is 16.5. The van der Waals surface area contributed by atoms with Crippen LogP contribution < -0.4 is 5.32 Å². The Bertz CT molecular complexity index is 648. The van der Waals surface area contributed by atoms with Gasteiger partial charge >= 0.3 is 6.03 Å². The van der Waals surface area contributed by atoms with Gasteiger partial charge in [-0.3, -0.25) is 0 Å². The van der Waals surface area contributed by atoms with E-state index in [4.69, 9.17) is 4.52 Å². The van der Waals surface area contributed by atoms with Crippen LogP contribution in [0.25, 0.3) is 0 Å². The van der Waals surface area contributed by atoms with Crippen molar-refractivity contribution in [1.82, 2.24) is 10.1 Å². The number of nitrogens with zero attached hydrogens (tertiary/aromatic N) is 2. The average Bonchev–Trinajstić information content (AvgIpc) is 2.80. The highest BCUT2D eigenvalue weighted by Gasteiger charge is 2.25. The van der Waals surface area contributed by atoms with E-state index < -0.39 is 0 Å². The minimum atomic E-state index is -0.102. The number of rotatable bonds is 1. The number of amides is 2. The zero-order valence-electron chi connectivity index (χ0n) is 11.6. The van der Waals surface area contributed by atoms with Crippen molar-refractivity contribution in [3.63, 3.8) is 0 Å². The summed E-state index contributed by atoms with van der Waals surface area (Å²) in [5.41, 5.74) is 4.01. The maximum atomic E-state index is 12.2. The molecule has 0 saturated carbocycles. The quantitative estimate of drug-likeness (QED) is 0.867. The monoisotopic (exact) mass is 271 g/mol. The van der Waals surface area contributed by atoms with Gasteiger partial charge in [0.25, 0.3) is 0 Å². The Morgan fingerprint density at radius 1 is 1.40 bits per heavy atom. The van der Waals surface area contributed by atoms with Gasteiger partial charge in [-0.2, -0.15) is 0 Å². The topological polar surface area (TPSA) is 58.4 Å². The van der Waals surface area contributed by atoms with Crippen LogP contribution in [0.15, 0.2) is 28.8 Å². The summed E-state index contributed by atoms with van der Waals surface area (Å²) in [5, 5.41) is 6.87. The molecule has 2 aromatic rings. The number of aryl methyl sites for hydroxylation is 2. The number of nitrogens with one attached hydrogen (secondary N) is 1. The fourth-order valence-electron chi connectivity index (χ4n) is 2.48. The highest BCUT2D eigenvalue weighted by Crippen LogP contribution is 2.22. The first-order valence-electron chi connectivity index (χ1n) is 6.70. The van der Waals surface area contributed by atoms with Gasteiger partial charge in [-0.05, 0) is 38.0 Å². The lowest BCUT2D eigenvalue weighted by atomic mass is 10.1. The van der Waals surface area contributed by atoms with E-state index in [1.54, 1.807) is 4.90 Å². The molecular weight excluding hydrogens is 254 g/mol. The number of anilines is 1. The molecule has 2 amide bonds. The molecule has 0 spiro atoms. The molecule has 0 saturated heterocycles. The van der Waals surface area contributed by atoms with Crippen molar-refractivity contribution < 1.29 is 9.32 Å². The number of carbonyl (C=O) groups is 1. The Balaban J connectivity index is 1.70. The fourth-order valence-corrected chi connectivity index (χ4v) is 2.48. The maximum absolute atomic E-state index is 12.2. The van der Waals surface area contributed by atoms with Gasteiger partial charge in [-0.15, -0.1) is 0 Å². The summed E-state index contributed by atoms with van der Waals surface area (Å²) in [4.78, 5) is 14.0. The van der Waals surface area contributed by atoms with E-state index in [2.05, 4.69) is 10.5 Å². The van der Waals surface area contributed by atoms with Gasteiger partial charge in [0, 0.05) is 17.8 Å². The van der Waals surface area contributed by atoms with Crippen LogP contribution in [0.2, 0.25) is 0 Å². The van der Waals surface area contributed by atoms with E-state index in [9.17, 15) is 4.79 Å². The molecule has 1 aromatic carbocycles. The number of urea groups is 1. The SMILES string of the molecule is Cc1cccc(NC(=O)N2CCc3c(C)noc3C2)c1. The molecule has 3 rings (SSSR count). The van der Waals surface area contributed by atoms with E-state index in [0.717, 1.165) is 34.7 Å². The van der Waals surface area contributed by atoms with Crippen LogP contribution in [0.5, 0.6) is 0 Å². The van der Waals surface area contributed by atoms with Crippen LogP contribution >= 0.6 is 0 Å². The normalized spacial score (nSPS) is 14.0. The third kappa shape index (κ3) is 2.39. The fraction of sp³-hybridized carbons (Fsp3) is 0.333. The van der Waals surface area contributed by atoms with Gasteiger partial charge < -0.3 is 14.7 Å². The van der Waals surface area contributed by atoms with Gasteiger partial charge in [-0.1, -0.05) is 17.3 Å². The minimum absolute atomic E-state index is 0.102. The largest absolute Gasteiger partial charge is 0.359 e. The lowest BCUT2D eigenvalue weighted by Gasteiger charge is -2.25. The Morgan fingerprint density at radius 2 is 2.25 bits per heavy atom. The van der Waals surface area contributed by atoms with Gasteiger partial charge in [0.05, 0.1) is 12.2 Å². The molecule has 0 bridgehead atoms. The summed E-state index contributed by atoms with van der Waals surface area (Å²) in [7, 11) is 0. The molecule has 2 heterocycles. The summed E-state index contributed by atoms with van der Waals surface area (Å²) in [6.45, 7) is 5.10. The minimum Gasteiger partial charge on any atom is -0.359 e. The first-order valence-corrected chi connectivity index (χ1v) is 6.70. The highest BCUT2D eigenvalue weighted by molar-refractivity contribution is 5.89. The van der Waals surface area contributed by atoms with Crippen LogP contribution in [0, 0.1) is 13.8 Å². The summed E-state index contributed by atoms with van der Waals surface area (Å²) in [6, 6.07) is 7.67. The standard InChI is InChI=1S/C15H17N3O2/c1-10-4-3-5-12(8-10)16-15(19)18-7-6-13-11(2)17-20-14(13)9-18/h3-5,8H,6-7,9H2,1-2H3,(H,16,19). The number of fused-ring (bicyclic) bond motifs is 1. The number of carbonyl (C=O) groups excluding carboxylic acids is 1. The van der Waals surface area contributed by atoms with E-state index in [1.807, 2.05) is 38.1 Å². The van der Waals surface area contributed by atoms with Crippen molar-refractivity contribution in [2.45, 2.75) is 26.8 Å². The Kier molecular flexibility index (Phi) is 3.18. The molecule has 1 aliphatic rings. The molecule has 1 aliphatic heterocycles. The van der Waals surface area contributed by atoms with Crippen LogP contribution in [-0.2, 0) is 13.0 Å². The van der Waals surface area contributed by atoms with Crippen molar-refractivity contribution in [3.05, 3.63) is 46.8 Å². The molecule has 104 valence electrons. The third-order valence-electron chi connectivity index (χ3n) is 3.59. The average molecular weight is 271 g/mol. The van der Waals surface area contributed by atoms with Crippen molar-refractivity contribution in [1.29, 1.82) is 0 Å². The molecule has 1 N–H and O–H groups in total. The smallest absolute Gasteiger partial charge is 0.322 e. The molecule has 0 aliphatic carbocycles. The van der Waals surface area contributed by atoms with Crippen LogP contribution in [0.3, 0.4) is 0 Å². The second-order valence-electron chi connectivity index (χ2n) is 5.14. The first kappa shape index (κ1) is 12.7. The summed E-state index contributed by atoms with van der Waals surface area (Å²) < 4.78 is 5.26. The van der Waals surface area contributed by atoms with Crippen molar-refractivity contribution in [2.75, 3.05) is 11.9 Å². The van der Waals surface area contributed by atoms with E-state index in [-0.39, 0.29) is 6.03 Å². The molecule has 0 unspecified atom stereocenters. The maximum Gasteiger partial charge on any atom is 0.322 e.